The third-order valence-corrected chi connectivity index (χ3v) is 0. The van der Waals surface area contributed by atoms with Crippen LogP contribution in [0.15, 0.2) is 0 Å². The van der Waals surface area contributed by atoms with Crippen LogP contribution in [0.1, 0.15) is 0 Å². The molecule has 0 aliphatic rings. The first-order chi connectivity index (χ1) is 2.45. The van der Waals surface area contributed by atoms with E-state index in [4.69, 9.17) is 0 Å². The third kappa shape index (κ3) is 136. The van der Waals surface area contributed by atoms with Gasteiger partial charge in [0.05, 0.1) is 0 Å². The van der Waals surface area contributed by atoms with Gasteiger partial charge in [-0.25, -0.2) is 0 Å². The molecule has 0 N–H and O–H groups in total. The van der Waals surface area contributed by atoms with Crippen molar-refractivity contribution >= 4 is 0 Å². The van der Waals surface area contributed by atoms with Gasteiger partial charge in [0.25, 0.3) is 0 Å². The molecule has 0 aliphatic carbocycles. The quantitative estimate of drug-likeness (QED) is 0.313. The molecule has 0 saturated heterocycles. The predicted molar refractivity (Wildman–Crippen MR) is 6.65 cm³/mol. The average molecular weight is 355 g/mol. The van der Waals surface area contributed by atoms with Crippen LogP contribution >= 0.6 is 0 Å². The van der Waals surface area contributed by atoms with E-state index in [0.717, 1.165) is 0 Å². The molecule has 9 heteroatoms. The standard InChI is InChI=1S/6FH.2Na.Pt/h6*1H;;;/q;;;;;;2*+1;+4/p-6. The van der Waals surface area contributed by atoms with Crippen molar-refractivity contribution in [3.05, 3.63) is 0 Å². The van der Waals surface area contributed by atoms with Gasteiger partial charge < -0.3 is 0 Å². The van der Waals surface area contributed by atoms with E-state index in [9.17, 15) is 18.9 Å². The fourth-order valence-electron chi connectivity index (χ4n) is 0. The molecule has 0 heterocycles. The zero-order valence-corrected chi connectivity index (χ0v) is 10.9. The Labute approximate surface area is 93.3 Å². The first-order valence-corrected chi connectivity index (χ1v) is 5.87. The molecule has 54 valence electrons. The summed E-state index contributed by atoms with van der Waals surface area (Å²) < 4.78 is 59.5. The summed E-state index contributed by atoms with van der Waals surface area (Å²) in [5, 5.41) is 0. The predicted octanol–water partition coefficient (Wildman–Crippen LogP) is -3.47. The molecule has 0 aliphatic heterocycles. The van der Waals surface area contributed by atoms with Crippen LogP contribution < -0.4 is 59.1 Å². The Morgan fingerprint density at radius 2 is 0.556 bits per heavy atom. The second-order valence-corrected chi connectivity index (χ2v) is 5.55. The minimum atomic E-state index is -11.1. The Balaban J connectivity index is -0.000000180. The second kappa shape index (κ2) is 2.96. The first-order valence-electron chi connectivity index (χ1n) is 0.717. The summed E-state index contributed by atoms with van der Waals surface area (Å²) in [6.45, 7) is 0. The molecule has 0 aromatic rings. The van der Waals surface area contributed by atoms with Crippen LogP contribution in [-0.2, 0) is 16.7 Å². The minimum Gasteiger partial charge on any atom is 1.00 e. The van der Waals surface area contributed by atoms with Gasteiger partial charge in [0, 0.05) is 0 Å². The maximum atomic E-state index is 9.91. The Morgan fingerprint density at radius 1 is 0.556 bits per heavy atom. The summed E-state index contributed by atoms with van der Waals surface area (Å²) >= 11 is -11.1. The molecule has 0 saturated carbocycles. The maximum Gasteiger partial charge on any atom is 1.00 e. The fourth-order valence-corrected chi connectivity index (χ4v) is 0. The summed E-state index contributed by atoms with van der Waals surface area (Å²) in [4.78, 5) is 0. The van der Waals surface area contributed by atoms with Crippen LogP contribution in [0.2, 0.25) is 0 Å². The first kappa shape index (κ1) is 17.4. The van der Waals surface area contributed by atoms with Gasteiger partial charge in [-0.05, 0) is 0 Å². The van der Waals surface area contributed by atoms with Crippen LogP contribution in [-0.4, -0.2) is 0 Å². The van der Waals surface area contributed by atoms with Crippen molar-refractivity contribution in [1.82, 2.24) is 0 Å². The summed E-state index contributed by atoms with van der Waals surface area (Å²) in [5.41, 5.74) is 0. The molecule has 0 bridgehead atoms. The Bertz CT molecular complexity index is 69.6. The summed E-state index contributed by atoms with van der Waals surface area (Å²) in [7, 11) is 0. The van der Waals surface area contributed by atoms with Gasteiger partial charge in [0.2, 0.25) is 0 Å². The van der Waals surface area contributed by atoms with Gasteiger partial charge in [0.1, 0.15) is 0 Å². The second-order valence-electron chi connectivity index (χ2n) is 0.678. The van der Waals surface area contributed by atoms with Crippen LogP contribution in [0.3, 0.4) is 0 Å². The molecular weight excluding hydrogens is 355 g/mol. The van der Waals surface area contributed by atoms with E-state index in [1.807, 2.05) is 0 Å². The van der Waals surface area contributed by atoms with Crippen molar-refractivity contribution in [2.75, 3.05) is 0 Å². The molecule has 0 unspecified atom stereocenters. The van der Waals surface area contributed by atoms with Gasteiger partial charge in [-0.1, -0.05) is 0 Å². The molecule has 0 aromatic carbocycles. The number of halogens is 6. The Kier molecular flexibility index (Phi) is 5.71. The number of hydrogen-bond donors (Lipinski definition) is 0. The summed E-state index contributed by atoms with van der Waals surface area (Å²) in [6, 6.07) is 0. The zero-order valence-electron chi connectivity index (χ0n) is 4.58. The van der Waals surface area contributed by atoms with Crippen molar-refractivity contribution < 1.29 is 94.8 Å². The van der Waals surface area contributed by atoms with Crippen molar-refractivity contribution in [1.29, 1.82) is 0 Å². The fraction of sp³-hybridized carbons (Fsp3) is 0. The molecule has 9 heavy (non-hydrogen) atoms. The van der Waals surface area contributed by atoms with Gasteiger partial charge >= 0.3 is 94.8 Å². The number of hydrogen-bond acceptors (Lipinski definition) is 0. The zero-order chi connectivity index (χ0) is 6.41. The van der Waals surface area contributed by atoms with Crippen molar-refractivity contribution in [3.8, 4) is 0 Å². The van der Waals surface area contributed by atoms with Crippen molar-refractivity contribution in [3.63, 3.8) is 0 Å². The van der Waals surface area contributed by atoms with Gasteiger partial charge in [0.15, 0.2) is 0 Å². The van der Waals surface area contributed by atoms with E-state index in [2.05, 4.69) is 0 Å². The van der Waals surface area contributed by atoms with Crippen LogP contribution in [0.5, 0.6) is 0 Å². The smallest absolute Gasteiger partial charge is 1.00 e. The maximum absolute atomic E-state index is 11.1. The van der Waals surface area contributed by atoms with Crippen LogP contribution in [0, 0.1) is 0 Å². The van der Waals surface area contributed by atoms with Crippen LogP contribution in [0.25, 0.3) is 0 Å². The largest absolute Gasteiger partial charge is 1.00 e. The van der Waals surface area contributed by atoms with E-state index in [-0.39, 0.29) is 59.1 Å². The van der Waals surface area contributed by atoms with E-state index in [1.54, 1.807) is 0 Å². The molecule has 0 atom stereocenters. The molecule has 0 nitrogen and oxygen atoms in total. The molecule has 0 spiro atoms. The van der Waals surface area contributed by atoms with E-state index in [1.165, 1.54) is 0 Å². The topological polar surface area (TPSA) is 0 Å². The third-order valence-electron chi connectivity index (χ3n) is 0. The number of rotatable bonds is 0. The summed E-state index contributed by atoms with van der Waals surface area (Å²) in [6.07, 6.45) is 0. The SMILES string of the molecule is [F][Pt-2]([F])([F])([F])([F])[F].[Na+].[Na+]. The molecule has 0 aromatic heterocycles. The molecule has 0 rings (SSSR count). The molecule has 0 amide bonds. The normalized spacial score (nSPS) is 18.0. The Morgan fingerprint density at radius 3 is 0.556 bits per heavy atom. The molecular formula is F6Na2Pt. The van der Waals surface area contributed by atoms with Crippen molar-refractivity contribution in [2.24, 2.45) is 0 Å². The Hall–Kier alpha value is 2.27. The monoisotopic (exact) mass is 355 g/mol. The van der Waals surface area contributed by atoms with E-state index >= 15 is 0 Å². The molecule has 0 radical (unpaired) electrons. The summed E-state index contributed by atoms with van der Waals surface area (Å²) in [5.74, 6) is 0. The molecule has 0 fully saturated rings. The minimum absolute atomic E-state index is 0. The van der Waals surface area contributed by atoms with E-state index in [0.29, 0.717) is 0 Å². The average Bonchev–Trinajstić information content (AvgIpc) is 0.592. The van der Waals surface area contributed by atoms with Crippen molar-refractivity contribution in [2.45, 2.75) is 0 Å². The van der Waals surface area contributed by atoms with Crippen LogP contribution in [0.4, 0.5) is 18.9 Å². The van der Waals surface area contributed by atoms with Gasteiger partial charge in [-0.2, -0.15) is 0 Å². The van der Waals surface area contributed by atoms with Gasteiger partial charge in [-0.15, -0.1) is 0 Å². The van der Waals surface area contributed by atoms with Gasteiger partial charge in [-0.3, -0.25) is 0 Å². The van der Waals surface area contributed by atoms with E-state index < -0.39 is 16.7 Å².